The van der Waals surface area contributed by atoms with E-state index in [0.29, 0.717) is 29.8 Å². The van der Waals surface area contributed by atoms with E-state index in [1.807, 2.05) is 61.5 Å². The lowest BCUT2D eigenvalue weighted by Crippen LogP contribution is -2.10. The van der Waals surface area contributed by atoms with Crippen molar-refractivity contribution < 1.29 is 4.74 Å². The summed E-state index contributed by atoms with van der Waals surface area (Å²) in [4.78, 5) is 9.27. The van der Waals surface area contributed by atoms with Crippen molar-refractivity contribution in [3.63, 3.8) is 0 Å². The molecule has 6 heteroatoms. The van der Waals surface area contributed by atoms with E-state index in [1.165, 1.54) is 0 Å². The standard InChI is InChI=1S/C20H21ClN4O/c1-14-8-9-16(21)12-17(14)23-19-13-18(22-10-11-26-2)24-20(25-19)15-6-4-3-5-7-15/h3-9,12-13H,10-11H2,1-2H3,(H2,22,23,24,25). The van der Waals surface area contributed by atoms with Gasteiger partial charge in [0.15, 0.2) is 5.82 Å². The summed E-state index contributed by atoms with van der Waals surface area (Å²) in [5, 5.41) is 7.29. The maximum Gasteiger partial charge on any atom is 0.163 e. The van der Waals surface area contributed by atoms with Crippen molar-refractivity contribution in [2.45, 2.75) is 6.92 Å². The Labute approximate surface area is 158 Å². The Hall–Kier alpha value is -2.63. The van der Waals surface area contributed by atoms with Gasteiger partial charge in [0.05, 0.1) is 6.61 Å². The molecule has 0 saturated carbocycles. The molecule has 0 spiro atoms. The lowest BCUT2D eigenvalue weighted by atomic mass is 10.2. The molecular formula is C20H21ClN4O. The molecule has 5 nitrogen and oxygen atoms in total. The third kappa shape index (κ3) is 4.71. The van der Waals surface area contributed by atoms with Crippen LogP contribution in [0.2, 0.25) is 5.02 Å². The highest BCUT2D eigenvalue weighted by Crippen LogP contribution is 2.26. The quantitative estimate of drug-likeness (QED) is 0.580. The van der Waals surface area contributed by atoms with Gasteiger partial charge >= 0.3 is 0 Å². The minimum atomic E-state index is 0.598. The molecule has 2 N–H and O–H groups in total. The molecule has 3 aromatic rings. The Bertz CT molecular complexity index is 871. The number of hydrogen-bond acceptors (Lipinski definition) is 5. The number of ether oxygens (including phenoxy) is 1. The van der Waals surface area contributed by atoms with Gasteiger partial charge in [0.25, 0.3) is 0 Å². The first-order valence-corrected chi connectivity index (χ1v) is 8.74. The molecule has 0 unspecified atom stereocenters. The van der Waals surface area contributed by atoms with E-state index in [1.54, 1.807) is 7.11 Å². The van der Waals surface area contributed by atoms with Crippen molar-refractivity contribution in [2.24, 2.45) is 0 Å². The molecule has 26 heavy (non-hydrogen) atoms. The average molecular weight is 369 g/mol. The van der Waals surface area contributed by atoms with Gasteiger partial charge in [0.2, 0.25) is 0 Å². The Balaban J connectivity index is 1.95. The second-order valence-electron chi connectivity index (χ2n) is 5.83. The summed E-state index contributed by atoms with van der Waals surface area (Å²) in [6.45, 7) is 3.29. The number of nitrogens with one attached hydrogen (secondary N) is 2. The van der Waals surface area contributed by atoms with Crippen molar-refractivity contribution in [1.29, 1.82) is 0 Å². The fraction of sp³-hybridized carbons (Fsp3) is 0.200. The summed E-state index contributed by atoms with van der Waals surface area (Å²) in [5.74, 6) is 2.08. The molecule has 1 aromatic heterocycles. The summed E-state index contributed by atoms with van der Waals surface area (Å²) >= 11 is 6.13. The number of nitrogens with zero attached hydrogens (tertiary/aromatic N) is 2. The lowest BCUT2D eigenvalue weighted by Gasteiger charge is -2.13. The van der Waals surface area contributed by atoms with Crippen LogP contribution < -0.4 is 10.6 Å². The minimum absolute atomic E-state index is 0.598. The number of halogens is 1. The van der Waals surface area contributed by atoms with Gasteiger partial charge in [-0.3, -0.25) is 0 Å². The largest absolute Gasteiger partial charge is 0.383 e. The first-order chi connectivity index (χ1) is 12.7. The molecular weight excluding hydrogens is 348 g/mol. The molecule has 0 amide bonds. The number of aromatic nitrogens is 2. The van der Waals surface area contributed by atoms with E-state index in [2.05, 4.69) is 20.6 Å². The summed E-state index contributed by atoms with van der Waals surface area (Å²) < 4.78 is 5.10. The topological polar surface area (TPSA) is 59.1 Å². The van der Waals surface area contributed by atoms with Crippen LogP contribution in [0.1, 0.15) is 5.56 Å². The molecule has 0 aliphatic heterocycles. The summed E-state index contributed by atoms with van der Waals surface area (Å²) in [6.07, 6.45) is 0. The van der Waals surface area contributed by atoms with E-state index in [4.69, 9.17) is 16.3 Å². The Morgan fingerprint density at radius 2 is 1.77 bits per heavy atom. The minimum Gasteiger partial charge on any atom is -0.383 e. The predicted octanol–water partition coefficient (Wildman–Crippen LogP) is 4.91. The van der Waals surface area contributed by atoms with Crippen molar-refractivity contribution in [3.8, 4) is 11.4 Å². The van der Waals surface area contributed by atoms with Crippen LogP contribution in [0.3, 0.4) is 0 Å². The van der Waals surface area contributed by atoms with Gasteiger partial charge in [0.1, 0.15) is 11.6 Å². The number of aryl methyl sites for hydroxylation is 1. The molecule has 0 bridgehead atoms. The van der Waals surface area contributed by atoms with Gasteiger partial charge < -0.3 is 15.4 Å². The fourth-order valence-corrected chi connectivity index (χ4v) is 2.64. The van der Waals surface area contributed by atoms with Crippen molar-refractivity contribution in [2.75, 3.05) is 30.9 Å². The van der Waals surface area contributed by atoms with E-state index >= 15 is 0 Å². The Kier molecular flexibility index (Phi) is 6.04. The number of methoxy groups -OCH3 is 1. The number of benzene rings is 2. The van der Waals surface area contributed by atoms with Gasteiger partial charge in [-0.05, 0) is 24.6 Å². The number of rotatable bonds is 7. The zero-order chi connectivity index (χ0) is 18.4. The molecule has 2 aromatic carbocycles. The van der Waals surface area contributed by atoms with Crippen LogP contribution in [0.15, 0.2) is 54.6 Å². The van der Waals surface area contributed by atoms with Crippen LogP contribution in [-0.4, -0.2) is 30.2 Å². The summed E-state index contributed by atoms with van der Waals surface area (Å²) in [7, 11) is 1.67. The lowest BCUT2D eigenvalue weighted by molar-refractivity contribution is 0.210. The molecule has 0 aliphatic carbocycles. The van der Waals surface area contributed by atoms with E-state index < -0.39 is 0 Å². The van der Waals surface area contributed by atoms with Crippen LogP contribution in [0.4, 0.5) is 17.3 Å². The molecule has 0 saturated heterocycles. The van der Waals surface area contributed by atoms with Crippen LogP contribution in [0.25, 0.3) is 11.4 Å². The maximum atomic E-state index is 6.13. The van der Waals surface area contributed by atoms with Gasteiger partial charge in [-0.1, -0.05) is 48.0 Å². The monoisotopic (exact) mass is 368 g/mol. The van der Waals surface area contributed by atoms with E-state index in [9.17, 15) is 0 Å². The molecule has 3 rings (SSSR count). The molecule has 0 atom stereocenters. The molecule has 134 valence electrons. The first kappa shape index (κ1) is 18.2. The normalized spacial score (nSPS) is 10.6. The third-order valence-corrected chi connectivity index (χ3v) is 4.07. The van der Waals surface area contributed by atoms with E-state index in [-0.39, 0.29) is 0 Å². The third-order valence-electron chi connectivity index (χ3n) is 3.83. The van der Waals surface area contributed by atoms with Crippen molar-refractivity contribution in [3.05, 3.63) is 65.2 Å². The second-order valence-corrected chi connectivity index (χ2v) is 6.27. The van der Waals surface area contributed by atoms with Crippen molar-refractivity contribution >= 4 is 28.9 Å². The second kappa shape index (κ2) is 8.65. The number of hydrogen-bond donors (Lipinski definition) is 2. The maximum absolute atomic E-state index is 6.13. The van der Waals surface area contributed by atoms with Gasteiger partial charge in [0, 0.05) is 36.0 Å². The predicted molar refractivity (Wildman–Crippen MR) is 107 cm³/mol. The molecule has 0 fully saturated rings. The van der Waals surface area contributed by atoms with Crippen LogP contribution in [0, 0.1) is 6.92 Å². The van der Waals surface area contributed by atoms with Crippen LogP contribution in [0.5, 0.6) is 0 Å². The van der Waals surface area contributed by atoms with Crippen LogP contribution in [-0.2, 0) is 4.74 Å². The first-order valence-electron chi connectivity index (χ1n) is 8.36. The zero-order valence-electron chi connectivity index (χ0n) is 14.8. The van der Waals surface area contributed by atoms with Gasteiger partial charge in [-0.15, -0.1) is 0 Å². The highest BCUT2D eigenvalue weighted by molar-refractivity contribution is 6.30. The average Bonchev–Trinajstić information content (AvgIpc) is 2.65. The Morgan fingerprint density at radius 3 is 2.54 bits per heavy atom. The van der Waals surface area contributed by atoms with Crippen molar-refractivity contribution in [1.82, 2.24) is 9.97 Å². The highest BCUT2D eigenvalue weighted by Gasteiger charge is 2.08. The summed E-state index contributed by atoms with van der Waals surface area (Å²) in [6, 6.07) is 17.5. The van der Waals surface area contributed by atoms with Crippen LogP contribution >= 0.6 is 11.6 Å². The SMILES string of the molecule is COCCNc1cc(Nc2cc(Cl)ccc2C)nc(-c2ccccc2)n1. The van der Waals surface area contributed by atoms with Gasteiger partial charge in [-0.2, -0.15) is 0 Å². The zero-order valence-corrected chi connectivity index (χ0v) is 15.5. The Morgan fingerprint density at radius 1 is 1.00 bits per heavy atom. The van der Waals surface area contributed by atoms with E-state index in [0.717, 1.165) is 22.6 Å². The summed E-state index contributed by atoms with van der Waals surface area (Å²) in [5.41, 5.74) is 2.95. The highest BCUT2D eigenvalue weighted by atomic mass is 35.5. The van der Waals surface area contributed by atoms with Gasteiger partial charge in [-0.25, -0.2) is 9.97 Å². The number of anilines is 3. The molecule has 0 radical (unpaired) electrons. The molecule has 1 heterocycles. The smallest absolute Gasteiger partial charge is 0.163 e. The molecule has 0 aliphatic rings. The fourth-order valence-electron chi connectivity index (χ4n) is 2.47.